The van der Waals surface area contributed by atoms with E-state index >= 15 is 0 Å². The van der Waals surface area contributed by atoms with E-state index in [2.05, 4.69) is 6.58 Å². The van der Waals surface area contributed by atoms with E-state index in [1.807, 2.05) is 91.0 Å². The summed E-state index contributed by atoms with van der Waals surface area (Å²) in [5, 5.41) is 21.7. The molecule has 0 unspecified atom stereocenters. The maximum Gasteiger partial charge on any atom is 0.116 e. The first-order chi connectivity index (χ1) is 17.7. The van der Waals surface area contributed by atoms with E-state index in [1.165, 1.54) is 6.08 Å². The van der Waals surface area contributed by atoms with Gasteiger partial charge in [0.2, 0.25) is 0 Å². The lowest BCUT2D eigenvalue weighted by Gasteiger charge is -2.45. The summed E-state index contributed by atoms with van der Waals surface area (Å²) in [6.45, 7) is 4.87. The first-order valence-electron chi connectivity index (χ1n) is 12.2. The zero-order valence-electron chi connectivity index (χ0n) is 20.3. The number of aliphatic hydroxyl groups excluding tert-OH is 2. The molecule has 0 radical (unpaired) electrons. The van der Waals surface area contributed by atoms with Crippen LogP contribution in [-0.4, -0.2) is 53.4 Å². The van der Waals surface area contributed by atoms with Gasteiger partial charge in [-0.2, -0.15) is 0 Å². The third-order valence-electron chi connectivity index (χ3n) is 6.24. The molecule has 0 saturated carbocycles. The van der Waals surface area contributed by atoms with Gasteiger partial charge in [-0.05, 0) is 16.7 Å². The molecule has 0 aromatic heterocycles. The Morgan fingerprint density at radius 2 is 1.22 bits per heavy atom. The van der Waals surface area contributed by atoms with Crippen LogP contribution >= 0.6 is 0 Å². The van der Waals surface area contributed by atoms with Crippen molar-refractivity contribution in [3.05, 3.63) is 120 Å². The van der Waals surface area contributed by atoms with Gasteiger partial charge in [-0.3, -0.25) is 0 Å². The van der Waals surface area contributed by atoms with Gasteiger partial charge in [0.1, 0.15) is 36.6 Å². The molecule has 1 aliphatic rings. The van der Waals surface area contributed by atoms with Crippen LogP contribution in [0.15, 0.2) is 104 Å². The van der Waals surface area contributed by atoms with E-state index in [9.17, 15) is 10.2 Å². The third-order valence-corrected chi connectivity index (χ3v) is 6.24. The summed E-state index contributed by atoms with van der Waals surface area (Å²) in [7, 11) is 0. The molecule has 1 saturated heterocycles. The Labute approximate surface area is 212 Å². The highest BCUT2D eigenvalue weighted by Gasteiger charge is 2.48. The Morgan fingerprint density at radius 1 is 0.750 bits per heavy atom. The van der Waals surface area contributed by atoms with Gasteiger partial charge >= 0.3 is 0 Å². The van der Waals surface area contributed by atoms with E-state index < -0.39 is 36.6 Å². The molecule has 6 heteroatoms. The second-order valence-corrected chi connectivity index (χ2v) is 8.88. The second-order valence-electron chi connectivity index (χ2n) is 8.88. The lowest BCUT2D eigenvalue weighted by Crippen LogP contribution is -2.62. The quantitative estimate of drug-likeness (QED) is 0.373. The highest BCUT2D eigenvalue weighted by molar-refractivity contribution is 5.15. The smallest absolute Gasteiger partial charge is 0.116 e. The average molecular weight is 491 g/mol. The van der Waals surface area contributed by atoms with Crippen molar-refractivity contribution in [2.24, 2.45) is 0 Å². The molecule has 2 N–H and O–H groups in total. The summed E-state index contributed by atoms with van der Waals surface area (Å²) in [5.74, 6) is 0. The molecule has 1 fully saturated rings. The minimum atomic E-state index is -1.13. The lowest BCUT2D eigenvalue weighted by atomic mass is 9.91. The Bertz CT molecular complexity index is 1030. The molecule has 190 valence electrons. The fourth-order valence-corrected chi connectivity index (χ4v) is 4.30. The molecule has 0 aliphatic carbocycles. The van der Waals surface area contributed by atoms with Crippen molar-refractivity contribution < 1.29 is 29.2 Å². The van der Waals surface area contributed by atoms with Crippen molar-refractivity contribution in [2.75, 3.05) is 6.61 Å². The molecule has 3 aromatic rings. The van der Waals surface area contributed by atoms with E-state index in [0.717, 1.165) is 16.7 Å². The van der Waals surface area contributed by atoms with Crippen LogP contribution in [0, 0.1) is 0 Å². The average Bonchev–Trinajstić information content (AvgIpc) is 2.93. The Morgan fingerprint density at radius 3 is 1.72 bits per heavy atom. The van der Waals surface area contributed by atoms with Crippen LogP contribution in [0.2, 0.25) is 0 Å². The van der Waals surface area contributed by atoms with Gasteiger partial charge < -0.3 is 29.2 Å². The number of rotatable bonds is 12. The molecule has 1 heterocycles. The normalized spacial score (nSPS) is 24.8. The summed E-state index contributed by atoms with van der Waals surface area (Å²) in [6.07, 6.45) is -3.75. The van der Waals surface area contributed by atoms with Crippen molar-refractivity contribution >= 4 is 0 Å². The second kappa shape index (κ2) is 13.5. The first kappa shape index (κ1) is 26.2. The molecule has 4 rings (SSSR count). The first-order valence-corrected chi connectivity index (χ1v) is 12.2. The number of benzene rings is 3. The SMILES string of the molecule is C=C[C@@H](O)[C@@H]1O[C@H](COCc2ccccc2)[C@@H](OCc2ccccc2)[C@H](OCc2ccccc2)[C@H]1O. The van der Waals surface area contributed by atoms with E-state index in [4.69, 9.17) is 18.9 Å². The van der Waals surface area contributed by atoms with Gasteiger partial charge in [-0.25, -0.2) is 0 Å². The van der Waals surface area contributed by atoms with E-state index in [1.54, 1.807) is 0 Å². The highest BCUT2D eigenvalue weighted by Crippen LogP contribution is 2.30. The molecule has 0 bridgehead atoms. The largest absolute Gasteiger partial charge is 0.387 e. The van der Waals surface area contributed by atoms with Crippen LogP contribution in [0.3, 0.4) is 0 Å². The van der Waals surface area contributed by atoms with Crippen molar-refractivity contribution in [1.29, 1.82) is 0 Å². The standard InChI is InChI=1S/C30H34O6/c1-2-25(31)28-27(32)30(35-20-24-16-10-5-11-17-24)29(34-19-23-14-8-4-9-15-23)26(36-28)21-33-18-22-12-6-3-7-13-22/h2-17,25-32H,1,18-21H2/t25-,26-,27+,28+,29-,30-/m1/s1. The molecule has 1 aliphatic heterocycles. The molecule has 6 nitrogen and oxygen atoms in total. The van der Waals surface area contributed by atoms with Gasteiger partial charge in [0.15, 0.2) is 0 Å². The summed E-state index contributed by atoms with van der Waals surface area (Å²) >= 11 is 0. The minimum absolute atomic E-state index is 0.201. The van der Waals surface area contributed by atoms with Crippen molar-refractivity contribution in [3.8, 4) is 0 Å². The zero-order chi connectivity index (χ0) is 25.2. The molecular weight excluding hydrogens is 456 g/mol. The molecule has 3 aromatic carbocycles. The fraction of sp³-hybridized carbons (Fsp3) is 0.333. The number of aliphatic hydroxyl groups is 2. The number of ether oxygens (including phenoxy) is 4. The summed E-state index contributed by atoms with van der Waals surface area (Å²) in [4.78, 5) is 0. The van der Waals surface area contributed by atoms with Gasteiger partial charge in [0.05, 0.1) is 26.4 Å². The van der Waals surface area contributed by atoms with E-state index in [0.29, 0.717) is 13.2 Å². The molecular formula is C30H34O6. The van der Waals surface area contributed by atoms with Crippen molar-refractivity contribution in [3.63, 3.8) is 0 Å². The molecule has 6 atom stereocenters. The summed E-state index contributed by atoms with van der Waals surface area (Å²) in [6, 6.07) is 29.4. The van der Waals surface area contributed by atoms with Crippen LogP contribution in [0.5, 0.6) is 0 Å². The molecule has 0 spiro atoms. The Balaban J connectivity index is 1.53. The minimum Gasteiger partial charge on any atom is -0.387 e. The molecule has 0 amide bonds. The van der Waals surface area contributed by atoms with Crippen LogP contribution in [0.25, 0.3) is 0 Å². The van der Waals surface area contributed by atoms with Crippen molar-refractivity contribution in [1.82, 2.24) is 0 Å². The third kappa shape index (κ3) is 7.11. The Kier molecular flexibility index (Phi) is 9.81. The van der Waals surface area contributed by atoms with Crippen molar-refractivity contribution in [2.45, 2.75) is 56.4 Å². The maximum atomic E-state index is 11.2. The molecule has 36 heavy (non-hydrogen) atoms. The fourth-order valence-electron chi connectivity index (χ4n) is 4.30. The van der Waals surface area contributed by atoms with Gasteiger partial charge in [0.25, 0.3) is 0 Å². The maximum absolute atomic E-state index is 11.2. The van der Waals surface area contributed by atoms with E-state index in [-0.39, 0.29) is 13.2 Å². The van der Waals surface area contributed by atoms with Gasteiger partial charge in [-0.15, -0.1) is 6.58 Å². The van der Waals surface area contributed by atoms with Crippen LogP contribution in [0.1, 0.15) is 16.7 Å². The van der Waals surface area contributed by atoms with Gasteiger partial charge in [0, 0.05) is 0 Å². The van der Waals surface area contributed by atoms with Crippen LogP contribution < -0.4 is 0 Å². The number of hydrogen-bond acceptors (Lipinski definition) is 6. The Hall–Kier alpha value is -2.84. The summed E-state index contributed by atoms with van der Waals surface area (Å²) in [5.41, 5.74) is 3.00. The predicted octanol–water partition coefficient (Wildman–Crippen LogP) is 4.05. The zero-order valence-corrected chi connectivity index (χ0v) is 20.3. The highest BCUT2D eigenvalue weighted by atomic mass is 16.6. The monoisotopic (exact) mass is 490 g/mol. The van der Waals surface area contributed by atoms with Gasteiger partial charge in [-0.1, -0.05) is 97.1 Å². The summed E-state index contributed by atoms with van der Waals surface area (Å²) < 4.78 is 24.7. The predicted molar refractivity (Wildman–Crippen MR) is 137 cm³/mol. The van der Waals surface area contributed by atoms with Crippen LogP contribution in [0.4, 0.5) is 0 Å². The number of hydrogen-bond donors (Lipinski definition) is 2. The lowest BCUT2D eigenvalue weighted by molar-refractivity contribution is -0.272. The topological polar surface area (TPSA) is 77.4 Å². The van der Waals surface area contributed by atoms with Crippen LogP contribution in [-0.2, 0) is 38.8 Å².